The number of fused-ring (bicyclic) bond motifs is 9. The molecular weight excluding hydrogens is 586 g/mol. The monoisotopic (exact) mass is 637 g/mol. The Hall–Kier alpha value is -1.56. The molecule has 7 aliphatic rings. The van der Waals surface area contributed by atoms with Crippen molar-refractivity contribution in [2.75, 3.05) is 0 Å². The molecule has 3 aliphatic carbocycles. The van der Waals surface area contributed by atoms with E-state index in [0.717, 1.165) is 42.1 Å². The first-order valence-electron chi connectivity index (χ1n) is 17.5. The van der Waals surface area contributed by atoms with E-state index in [1.54, 1.807) is 13.8 Å². The zero-order valence-corrected chi connectivity index (χ0v) is 28.5. The van der Waals surface area contributed by atoms with Gasteiger partial charge in [-0.3, -0.25) is 0 Å². The van der Waals surface area contributed by atoms with Crippen molar-refractivity contribution in [1.29, 1.82) is 0 Å². The number of aliphatic hydroxyl groups excluding tert-OH is 1. The third-order valence-corrected chi connectivity index (χ3v) is 14.3. The number of epoxide rings is 2. The van der Waals surface area contributed by atoms with Crippen molar-refractivity contribution in [2.24, 2.45) is 11.3 Å². The largest absolute Gasteiger partial charge is 0.390 e. The van der Waals surface area contributed by atoms with E-state index in [2.05, 4.69) is 58.7 Å². The van der Waals surface area contributed by atoms with Gasteiger partial charge in [-0.25, -0.2) is 0 Å². The third-order valence-electron chi connectivity index (χ3n) is 14.3. The molecule has 4 aliphatic heterocycles. The molecule has 6 fully saturated rings. The Balaban J connectivity index is 1.10. The number of H-pyrrole nitrogens is 1. The first kappa shape index (κ1) is 30.5. The summed E-state index contributed by atoms with van der Waals surface area (Å²) >= 11 is 0. The van der Waals surface area contributed by atoms with Gasteiger partial charge in [0.15, 0.2) is 11.9 Å². The Morgan fingerprint density at radius 1 is 0.935 bits per heavy atom. The van der Waals surface area contributed by atoms with Crippen LogP contribution < -0.4 is 0 Å². The van der Waals surface area contributed by atoms with E-state index in [0.29, 0.717) is 18.8 Å². The van der Waals surface area contributed by atoms with Crippen LogP contribution in [-0.4, -0.2) is 91.2 Å². The minimum absolute atomic E-state index is 0.150. The number of aromatic amines is 1. The minimum atomic E-state index is -1.20. The third kappa shape index (κ3) is 3.49. The summed E-state index contributed by atoms with van der Waals surface area (Å²) in [6.07, 6.45) is 1.67. The number of benzene rings is 1. The predicted molar refractivity (Wildman–Crippen MR) is 169 cm³/mol. The zero-order chi connectivity index (χ0) is 32.6. The molecule has 2 saturated carbocycles. The average molecular weight is 638 g/mol. The molecule has 46 heavy (non-hydrogen) atoms. The van der Waals surface area contributed by atoms with Gasteiger partial charge >= 0.3 is 0 Å². The second-order valence-electron chi connectivity index (χ2n) is 17.8. The molecule has 1 spiro atoms. The molecule has 4 N–H and O–H groups in total. The van der Waals surface area contributed by atoms with Crippen molar-refractivity contribution < 1.29 is 39.0 Å². The summed E-state index contributed by atoms with van der Waals surface area (Å²) in [4.78, 5) is 3.85. The van der Waals surface area contributed by atoms with Crippen LogP contribution in [-0.2, 0) is 41.9 Å². The molecule has 12 atom stereocenters. The smallest absolute Gasteiger partial charge is 0.187 e. The van der Waals surface area contributed by atoms with Gasteiger partial charge in [-0.05, 0) is 96.8 Å². The Kier molecular flexibility index (Phi) is 5.82. The number of aromatic nitrogens is 1. The normalized spacial score (nSPS) is 48.4. The van der Waals surface area contributed by atoms with Crippen molar-refractivity contribution in [3.63, 3.8) is 0 Å². The number of ether oxygens (including phenoxy) is 5. The van der Waals surface area contributed by atoms with E-state index in [1.807, 2.05) is 6.07 Å². The lowest BCUT2D eigenvalue weighted by Crippen LogP contribution is -2.77. The summed E-state index contributed by atoms with van der Waals surface area (Å²) in [6, 6.07) is 6.21. The SMILES string of the molecule is CC(C)(O)[C@@H](O)Cc1cccc2[nH]c3c(c12)C[C@@H]1CC[C@@]2(O)[C@@]45O[C@@H]4[C@@H]4O[C@H]([C@H]6OC6(C)C)OC(C)(C)[C@H]4O[C@H]5CC[C@]2(C)[C@@]31C. The molecule has 1 aromatic carbocycles. The summed E-state index contributed by atoms with van der Waals surface area (Å²) in [5, 5.41) is 35.9. The maximum atomic E-state index is 13.3. The highest BCUT2D eigenvalue weighted by Crippen LogP contribution is 2.75. The summed E-state index contributed by atoms with van der Waals surface area (Å²) in [7, 11) is 0. The van der Waals surface area contributed by atoms with E-state index < -0.39 is 40.2 Å². The predicted octanol–water partition coefficient (Wildman–Crippen LogP) is 4.20. The average Bonchev–Trinajstić information content (AvgIpc) is 3.79. The molecule has 9 nitrogen and oxygen atoms in total. The van der Waals surface area contributed by atoms with Gasteiger partial charge in [-0.2, -0.15) is 0 Å². The summed E-state index contributed by atoms with van der Waals surface area (Å²) in [5.74, 6) is 0.356. The van der Waals surface area contributed by atoms with E-state index in [1.165, 1.54) is 11.3 Å². The number of hydrogen-bond acceptors (Lipinski definition) is 8. The Morgan fingerprint density at radius 3 is 2.35 bits per heavy atom. The number of hydrogen-bond donors (Lipinski definition) is 4. The van der Waals surface area contributed by atoms with Crippen molar-refractivity contribution in [1.82, 2.24) is 4.98 Å². The molecule has 9 rings (SSSR count). The molecule has 1 aromatic heterocycles. The highest BCUT2D eigenvalue weighted by molar-refractivity contribution is 5.89. The number of rotatable bonds is 4. The Bertz CT molecular complexity index is 1630. The second kappa shape index (κ2) is 8.77. The van der Waals surface area contributed by atoms with E-state index >= 15 is 0 Å². The van der Waals surface area contributed by atoms with Crippen LogP contribution in [0.4, 0.5) is 0 Å². The van der Waals surface area contributed by atoms with Crippen LogP contribution in [0.25, 0.3) is 10.9 Å². The van der Waals surface area contributed by atoms with Gasteiger partial charge in [-0.15, -0.1) is 0 Å². The van der Waals surface area contributed by atoms with Crippen LogP contribution in [0.5, 0.6) is 0 Å². The lowest BCUT2D eigenvalue weighted by molar-refractivity contribution is -0.356. The maximum Gasteiger partial charge on any atom is 0.187 e. The van der Waals surface area contributed by atoms with Gasteiger partial charge in [0.25, 0.3) is 0 Å². The van der Waals surface area contributed by atoms with Crippen LogP contribution in [0.2, 0.25) is 0 Å². The topological polar surface area (TPSA) is 129 Å². The first-order valence-corrected chi connectivity index (χ1v) is 17.5. The fourth-order valence-electron chi connectivity index (χ4n) is 11.2. The van der Waals surface area contributed by atoms with Gasteiger partial charge in [0.05, 0.1) is 29.0 Å². The maximum absolute atomic E-state index is 13.3. The van der Waals surface area contributed by atoms with Crippen molar-refractivity contribution in [3.8, 4) is 0 Å². The van der Waals surface area contributed by atoms with Gasteiger partial charge in [0.1, 0.15) is 30.0 Å². The molecule has 0 unspecified atom stereocenters. The zero-order valence-electron chi connectivity index (χ0n) is 28.5. The Morgan fingerprint density at radius 2 is 1.65 bits per heavy atom. The molecule has 0 amide bonds. The fourth-order valence-corrected chi connectivity index (χ4v) is 11.2. The molecule has 0 radical (unpaired) electrons. The van der Waals surface area contributed by atoms with Crippen molar-refractivity contribution >= 4 is 10.9 Å². The first-order chi connectivity index (χ1) is 21.4. The molecule has 5 heterocycles. The number of nitrogens with one attached hydrogen (secondary N) is 1. The van der Waals surface area contributed by atoms with E-state index in [4.69, 9.17) is 23.7 Å². The summed E-state index contributed by atoms with van der Waals surface area (Å²) in [6.45, 7) is 16.2. The van der Waals surface area contributed by atoms with Crippen LogP contribution in [0.15, 0.2) is 18.2 Å². The number of aliphatic hydroxyl groups is 3. The molecule has 9 heteroatoms. The van der Waals surface area contributed by atoms with Crippen molar-refractivity contribution in [2.45, 2.75) is 170 Å². The van der Waals surface area contributed by atoms with Gasteiger partial charge in [0.2, 0.25) is 0 Å². The second-order valence-corrected chi connectivity index (χ2v) is 17.8. The lowest BCUT2D eigenvalue weighted by atomic mass is 9.40. The molecule has 0 bridgehead atoms. The molecule has 252 valence electrons. The summed E-state index contributed by atoms with van der Waals surface area (Å²) in [5.41, 5.74) is -0.296. The standard InChI is InChI=1S/C37H51NO8/c1-31(2,40)22(39)16-18-10-9-11-21-24(18)20-17-19-12-15-36(41)34(7,35(19,8)26(20)38-21)14-13-23-37(36)28(45-37)25-27(42-23)32(3,4)46-30(43-25)29-33(5,6)44-29/h9-11,19,22-23,25,27-30,38-41H,12-17H2,1-8H3/t19-,22-,23-,25+,27-,28+,29+,30-,34+,35+,36-,37-/m0/s1. The molecular formula is C37H51NO8. The highest BCUT2D eigenvalue weighted by atomic mass is 16.8. The Labute approximate surface area is 271 Å². The van der Waals surface area contributed by atoms with Crippen LogP contribution in [0.1, 0.15) is 97.9 Å². The van der Waals surface area contributed by atoms with Gasteiger partial charge in [0, 0.05) is 33.8 Å². The van der Waals surface area contributed by atoms with Crippen LogP contribution in [0, 0.1) is 11.3 Å². The minimum Gasteiger partial charge on any atom is -0.390 e. The van der Waals surface area contributed by atoms with Crippen LogP contribution in [0.3, 0.4) is 0 Å². The fraction of sp³-hybridized carbons (Fsp3) is 0.784. The van der Waals surface area contributed by atoms with Crippen LogP contribution >= 0.6 is 0 Å². The quantitative estimate of drug-likeness (QED) is 0.368. The lowest BCUT2D eigenvalue weighted by Gasteiger charge is -2.66. The molecule has 2 aromatic rings. The molecule has 4 saturated heterocycles. The van der Waals surface area contributed by atoms with E-state index in [-0.39, 0.29) is 41.5 Å². The van der Waals surface area contributed by atoms with Crippen molar-refractivity contribution in [3.05, 3.63) is 35.0 Å². The highest BCUT2D eigenvalue weighted by Gasteiger charge is 2.87. The van der Waals surface area contributed by atoms with E-state index in [9.17, 15) is 15.3 Å². The van der Waals surface area contributed by atoms with Gasteiger partial charge < -0.3 is 44.0 Å². The summed E-state index contributed by atoms with van der Waals surface area (Å²) < 4.78 is 32.9. The van der Waals surface area contributed by atoms with Gasteiger partial charge in [-0.1, -0.05) is 26.0 Å².